The second kappa shape index (κ2) is 5.50. The van der Waals surface area contributed by atoms with Crippen molar-refractivity contribution in [3.05, 3.63) is 53.1 Å². The Balaban J connectivity index is 2.21. The minimum absolute atomic E-state index is 0.00332. The van der Waals surface area contributed by atoms with Crippen molar-refractivity contribution in [2.45, 2.75) is 6.61 Å². The van der Waals surface area contributed by atoms with Gasteiger partial charge in [0, 0.05) is 5.02 Å². The van der Waals surface area contributed by atoms with E-state index < -0.39 is 0 Å². The van der Waals surface area contributed by atoms with Crippen LogP contribution in [-0.2, 0) is 6.61 Å². The summed E-state index contributed by atoms with van der Waals surface area (Å²) in [6.45, 7) is -0.00332. The lowest BCUT2D eigenvalue weighted by Gasteiger charge is -2.08. The van der Waals surface area contributed by atoms with Crippen molar-refractivity contribution in [2.24, 2.45) is 0 Å². The Bertz CT molecular complexity index is 511. The van der Waals surface area contributed by atoms with Gasteiger partial charge in [-0.2, -0.15) is 0 Å². The number of halogens is 1. The zero-order chi connectivity index (χ0) is 12.3. The maximum atomic E-state index is 9.16. The topological polar surface area (TPSA) is 29.5 Å². The van der Waals surface area contributed by atoms with Crippen molar-refractivity contribution in [1.82, 2.24) is 0 Å². The van der Waals surface area contributed by atoms with Crippen molar-refractivity contribution in [3.8, 4) is 11.5 Å². The molecule has 0 bridgehead atoms. The first-order valence-electron chi connectivity index (χ1n) is 5.12. The highest BCUT2D eigenvalue weighted by Crippen LogP contribution is 2.23. The van der Waals surface area contributed by atoms with Crippen LogP contribution in [0.3, 0.4) is 0 Å². The molecule has 0 spiro atoms. The van der Waals surface area contributed by atoms with E-state index >= 15 is 0 Å². The molecule has 0 amide bonds. The number of hydrogen-bond donors (Lipinski definition) is 1. The quantitative estimate of drug-likeness (QED) is 0.865. The average Bonchev–Trinajstić information content (AvgIpc) is 2.34. The molecule has 2 rings (SSSR count). The van der Waals surface area contributed by atoms with Crippen LogP contribution >= 0.6 is 20.8 Å². The molecular weight excluding hydrogens is 255 g/mol. The molecule has 0 radical (unpaired) electrons. The van der Waals surface area contributed by atoms with Gasteiger partial charge in [-0.05, 0) is 47.3 Å². The molecule has 4 heteroatoms. The van der Waals surface area contributed by atoms with E-state index in [0.717, 1.165) is 16.6 Å². The second-order valence-electron chi connectivity index (χ2n) is 3.57. The van der Waals surface area contributed by atoms with Crippen LogP contribution in [0, 0.1) is 0 Å². The summed E-state index contributed by atoms with van der Waals surface area (Å²) in [5, 5.41) is 10.8. The molecule has 1 atom stereocenters. The number of ether oxygens (including phenoxy) is 1. The van der Waals surface area contributed by atoms with Crippen molar-refractivity contribution in [1.29, 1.82) is 0 Å². The fraction of sp³-hybridized carbons (Fsp3) is 0.0769. The standard InChI is InChI=1S/C13H12ClO2P/c14-10-1-3-11(4-2-10)16-12-5-6-13(17)9(7-12)8-15/h1-7,15H,8,17H2. The third-order valence-corrected chi connectivity index (χ3v) is 3.15. The van der Waals surface area contributed by atoms with Crippen LogP contribution in [0.15, 0.2) is 42.5 Å². The Labute approximate surface area is 107 Å². The molecule has 0 aliphatic carbocycles. The van der Waals surface area contributed by atoms with E-state index in [4.69, 9.17) is 21.4 Å². The van der Waals surface area contributed by atoms with Gasteiger partial charge in [0.15, 0.2) is 0 Å². The fourth-order valence-electron chi connectivity index (χ4n) is 1.42. The maximum Gasteiger partial charge on any atom is 0.127 e. The lowest BCUT2D eigenvalue weighted by atomic mass is 10.2. The van der Waals surface area contributed by atoms with E-state index in [0.29, 0.717) is 10.8 Å². The van der Waals surface area contributed by atoms with Gasteiger partial charge in [0.2, 0.25) is 0 Å². The van der Waals surface area contributed by atoms with Gasteiger partial charge in [-0.3, -0.25) is 0 Å². The van der Waals surface area contributed by atoms with Crippen LogP contribution in [-0.4, -0.2) is 5.11 Å². The molecule has 0 heterocycles. The third kappa shape index (κ3) is 3.19. The van der Waals surface area contributed by atoms with E-state index in [1.54, 1.807) is 24.3 Å². The molecule has 2 aromatic rings. The molecule has 0 aliphatic rings. The first-order valence-corrected chi connectivity index (χ1v) is 6.07. The largest absolute Gasteiger partial charge is 0.457 e. The lowest BCUT2D eigenvalue weighted by Crippen LogP contribution is -2.01. The van der Waals surface area contributed by atoms with E-state index in [-0.39, 0.29) is 6.61 Å². The number of hydrogen-bond acceptors (Lipinski definition) is 2. The first-order chi connectivity index (χ1) is 8.19. The van der Waals surface area contributed by atoms with E-state index in [1.807, 2.05) is 18.2 Å². The molecule has 2 aromatic carbocycles. The average molecular weight is 267 g/mol. The van der Waals surface area contributed by atoms with Gasteiger partial charge in [0.05, 0.1) is 6.61 Å². The highest BCUT2D eigenvalue weighted by atomic mass is 35.5. The number of rotatable bonds is 3. The minimum atomic E-state index is -0.00332. The molecule has 0 fully saturated rings. The Morgan fingerprint density at radius 1 is 1.06 bits per heavy atom. The van der Waals surface area contributed by atoms with Crippen LogP contribution in [0.4, 0.5) is 0 Å². The van der Waals surface area contributed by atoms with Crippen LogP contribution in [0.25, 0.3) is 0 Å². The molecule has 1 unspecified atom stereocenters. The molecule has 17 heavy (non-hydrogen) atoms. The number of aliphatic hydroxyl groups is 1. The monoisotopic (exact) mass is 266 g/mol. The molecule has 0 saturated heterocycles. The van der Waals surface area contributed by atoms with Crippen LogP contribution in [0.2, 0.25) is 5.02 Å². The number of benzene rings is 2. The van der Waals surface area contributed by atoms with Gasteiger partial charge in [0.1, 0.15) is 11.5 Å². The minimum Gasteiger partial charge on any atom is -0.457 e. The van der Waals surface area contributed by atoms with Crippen LogP contribution in [0.5, 0.6) is 11.5 Å². The molecule has 1 N–H and O–H groups in total. The van der Waals surface area contributed by atoms with Gasteiger partial charge in [0.25, 0.3) is 0 Å². The molecule has 0 aromatic heterocycles. The van der Waals surface area contributed by atoms with Gasteiger partial charge in [-0.1, -0.05) is 17.7 Å². The maximum absolute atomic E-state index is 9.16. The molecule has 88 valence electrons. The SMILES string of the molecule is OCc1cc(Oc2ccc(Cl)cc2)ccc1P. The lowest BCUT2D eigenvalue weighted by molar-refractivity contribution is 0.282. The predicted molar refractivity (Wildman–Crippen MR) is 73.2 cm³/mol. The summed E-state index contributed by atoms with van der Waals surface area (Å²) in [4.78, 5) is 0. The number of aliphatic hydroxyl groups excluding tert-OH is 1. The van der Waals surface area contributed by atoms with Gasteiger partial charge < -0.3 is 9.84 Å². The summed E-state index contributed by atoms with van der Waals surface area (Å²) in [5.74, 6) is 1.41. The molecule has 0 saturated carbocycles. The summed E-state index contributed by atoms with van der Waals surface area (Å²) in [5.41, 5.74) is 0.835. The van der Waals surface area contributed by atoms with Crippen molar-refractivity contribution < 1.29 is 9.84 Å². The van der Waals surface area contributed by atoms with E-state index in [1.165, 1.54) is 0 Å². The van der Waals surface area contributed by atoms with Gasteiger partial charge >= 0.3 is 0 Å². The smallest absolute Gasteiger partial charge is 0.127 e. The second-order valence-corrected chi connectivity index (χ2v) is 4.63. The summed E-state index contributed by atoms with van der Waals surface area (Å²) >= 11 is 5.79. The Morgan fingerprint density at radius 2 is 1.71 bits per heavy atom. The van der Waals surface area contributed by atoms with Crippen LogP contribution in [0.1, 0.15) is 5.56 Å². The predicted octanol–water partition coefficient (Wildman–Crippen LogP) is 3.13. The third-order valence-electron chi connectivity index (χ3n) is 2.33. The zero-order valence-electron chi connectivity index (χ0n) is 9.06. The molecule has 0 aliphatic heterocycles. The van der Waals surface area contributed by atoms with Crippen molar-refractivity contribution >= 4 is 26.1 Å². The first kappa shape index (κ1) is 12.4. The summed E-state index contributed by atoms with van der Waals surface area (Å²) in [7, 11) is 2.58. The molecular formula is C13H12ClO2P. The van der Waals surface area contributed by atoms with E-state index in [9.17, 15) is 0 Å². The molecule has 2 nitrogen and oxygen atoms in total. The summed E-state index contributed by atoms with van der Waals surface area (Å²) in [6, 6.07) is 12.7. The van der Waals surface area contributed by atoms with E-state index in [2.05, 4.69) is 9.24 Å². The van der Waals surface area contributed by atoms with Gasteiger partial charge in [-0.15, -0.1) is 9.24 Å². The van der Waals surface area contributed by atoms with Crippen LogP contribution < -0.4 is 10.0 Å². The van der Waals surface area contributed by atoms with Crippen molar-refractivity contribution in [2.75, 3.05) is 0 Å². The Hall–Kier alpha value is -1.08. The highest BCUT2D eigenvalue weighted by Gasteiger charge is 2.02. The zero-order valence-corrected chi connectivity index (χ0v) is 11.0. The van der Waals surface area contributed by atoms with Crippen molar-refractivity contribution in [3.63, 3.8) is 0 Å². The summed E-state index contributed by atoms with van der Waals surface area (Å²) < 4.78 is 5.65. The Kier molecular flexibility index (Phi) is 4.01. The Morgan fingerprint density at radius 3 is 2.35 bits per heavy atom. The summed E-state index contributed by atoms with van der Waals surface area (Å²) in [6.07, 6.45) is 0. The fourth-order valence-corrected chi connectivity index (χ4v) is 1.82. The highest BCUT2D eigenvalue weighted by molar-refractivity contribution is 7.27. The normalized spacial score (nSPS) is 10.3. The van der Waals surface area contributed by atoms with Gasteiger partial charge in [-0.25, -0.2) is 0 Å².